The molecule has 0 unspecified atom stereocenters. The van der Waals surface area contributed by atoms with Crippen LogP contribution >= 0.6 is 12.4 Å². The highest BCUT2D eigenvalue weighted by atomic mass is 35.5. The molecule has 1 aromatic rings. The summed E-state index contributed by atoms with van der Waals surface area (Å²) < 4.78 is 5.45. The molecule has 0 fully saturated rings. The second-order valence-electron chi connectivity index (χ2n) is 4.03. The summed E-state index contributed by atoms with van der Waals surface area (Å²) in [6.07, 6.45) is 2.16. The van der Waals surface area contributed by atoms with E-state index in [1.54, 1.807) is 0 Å². The molecule has 14 heavy (non-hydrogen) atoms. The van der Waals surface area contributed by atoms with Crippen molar-refractivity contribution in [3.63, 3.8) is 0 Å². The quantitative estimate of drug-likeness (QED) is 0.839. The van der Waals surface area contributed by atoms with Crippen LogP contribution in [0.2, 0.25) is 0 Å². The van der Waals surface area contributed by atoms with Crippen LogP contribution in [0.4, 0.5) is 0 Å². The van der Waals surface area contributed by atoms with Crippen molar-refractivity contribution in [1.29, 1.82) is 0 Å². The van der Waals surface area contributed by atoms with Gasteiger partial charge in [0.1, 0.15) is 11.5 Å². The van der Waals surface area contributed by atoms with Gasteiger partial charge in [-0.1, -0.05) is 13.8 Å². The maximum Gasteiger partial charge on any atom is 0.120 e. The van der Waals surface area contributed by atoms with Gasteiger partial charge in [-0.3, -0.25) is 0 Å². The molecule has 82 valence electrons. The molecule has 1 aromatic heterocycles. The highest BCUT2D eigenvalue weighted by Gasteiger charge is 2.10. The van der Waals surface area contributed by atoms with Crippen molar-refractivity contribution in [2.45, 2.75) is 39.7 Å². The summed E-state index contributed by atoms with van der Waals surface area (Å²) in [5.74, 6) is 2.57. The van der Waals surface area contributed by atoms with Crippen LogP contribution in [0.15, 0.2) is 16.5 Å². The van der Waals surface area contributed by atoms with Gasteiger partial charge in [0.2, 0.25) is 0 Å². The van der Waals surface area contributed by atoms with Gasteiger partial charge in [-0.05, 0) is 37.8 Å². The van der Waals surface area contributed by atoms with Crippen molar-refractivity contribution in [3.8, 4) is 0 Å². The molecule has 0 bridgehead atoms. The lowest BCUT2D eigenvalue weighted by atomic mass is 10.0. The van der Waals surface area contributed by atoms with Gasteiger partial charge in [-0.25, -0.2) is 0 Å². The number of aryl methyl sites for hydroxylation is 1. The smallest absolute Gasteiger partial charge is 0.120 e. The Kier molecular flexibility index (Phi) is 5.89. The fourth-order valence-electron chi connectivity index (χ4n) is 1.31. The van der Waals surface area contributed by atoms with E-state index in [4.69, 9.17) is 10.2 Å². The first-order valence-corrected chi connectivity index (χ1v) is 4.91. The van der Waals surface area contributed by atoms with Crippen LogP contribution in [-0.2, 0) is 0 Å². The fourth-order valence-corrected chi connectivity index (χ4v) is 1.31. The minimum absolute atomic E-state index is 0. The number of hydrogen-bond acceptors (Lipinski definition) is 2. The van der Waals surface area contributed by atoms with Crippen LogP contribution in [0, 0.1) is 12.8 Å². The third-order valence-electron chi connectivity index (χ3n) is 2.18. The van der Waals surface area contributed by atoms with Crippen LogP contribution in [0.3, 0.4) is 0 Å². The summed E-state index contributed by atoms with van der Waals surface area (Å²) in [4.78, 5) is 0. The Labute approximate surface area is 92.3 Å². The lowest BCUT2D eigenvalue weighted by Crippen LogP contribution is -2.10. The Morgan fingerprint density at radius 1 is 1.29 bits per heavy atom. The topological polar surface area (TPSA) is 39.2 Å². The number of nitrogens with two attached hydrogens (primary N) is 1. The van der Waals surface area contributed by atoms with Gasteiger partial charge in [0, 0.05) is 0 Å². The molecule has 1 heterocycles. The number of rotatable bonds is 4. The third kappa shape index (κ3) is 4.16. The van der Waals surface area contributed by atoms with Crippen molar-refractivity contribution in [3.05, 3.63) is 23.7 Å². The van der Waals surface area contributed by atoms with Crippen molar-refractivity contribution in [1.82, 2.24) is 0 Å². The molecule has 1 atom stereocenters. The summed E-state index contributed by atoms with van der Waals surface area (Å²) in [6.45, 7) is 6.36. The van der Waals surface area contributed by atoms with E-state index >= 15 is 0 Å². The SMILES string of the molecule is Cc1ccc([C@H](N)CCC(C)C)o1.Cl. The Bertz CT molecular complexity index is 258. The summed E-state index contributed by atoms with van der Waals surface area (Å²) in [5.41, 5.74) is 5.96. The fraction of sp³-hybridized carbons (Fsp3) is 0.636. The molecule has 0 aliphatic heterocycles. The van der Waals surface area contributed by atoms with E-state index in [9.17, 15) is 0 Å². The molecule has 0 aliphatic carbocycles. The monoisotopic (exact) mass is 217 g/mol. The van der Waals surface area contributed by atoms with Crippen LogP contribution in [0.5, 0.6) is 0 Å². The molecule has 0 aliphatic rings. The second-order valence-corrected chi connectivity index (χ2v) is 4.03. The standard InChI is InChI=1S/C11H19NO.ClH/c1-8(2)4-6-10(12)11-7-5-9(3)13-11;/h5,7-8,10H,4,6,12H2,1-3H3;1H/t10-;/m1./s1. The first-order valence-electron chi connectivity index (χ1n) is 4.91. The predicted molar refractivity (Wildman–Crippen MR) is 61.7 cm³/mol. The Hall–Kier alpha value is -0.470. The minimum Gasteiger partial charge on any atom is -0.465 e. The van der Waals surface area contributed by atoms with Gasteiger partial charge in [0.25, 0.3) is 0 Å². The zero-order valence-electron chi connectivity index (χ0n) is 9.12. The van der Waals surface area contributed by atoms with Crippen molar-refractivity contribution < 1.29 is 4.42 Å². The van der Waals surface area contributed by atoms with E-state index in [-0.39, 0.29) is 18.4 Å². The molecule has 0 amide bonds. The van der Waals surface area contributed by atoms with E-state index in [0.29, 0.717) is 5.92 Å². The van der Waals surface area contributed by atoms with E-state index in [1.807, 2.05) is 19.1 Å². The minimum atomic E-state index is 0. The first kappa shape index (κ1) is 13.5. The highest BCUT2D eigenvalue weighted by Crippen LogP contribution is 2.20. The van der Waals surface area contributed by atoms with Crippen LogP contribution < -0.4 is 5.73 Å². The van der Waals surface area contributed by atoms with E-state index in [0.717, 1.165) is 24.4 Å². The zero-order chi connectivity index (χ0) is 9.84. The van der Waals surface area contributed by atoms with Gasteiger partial charge in [0.15, 0.2) is 0 Å². The summed E-state index contributed by atoms with van der Waals surface area (Å²) >= 11 is 0. The van der Waals surface area contributed by atoms with Gasteiger partial charge >= 0.3 is 0 Å². The molecule has 0 radical (unpaired) electrons. The first-order chi connectivity index (χ1) is 6.09. The van der Waals surface area contributed by atoms with Gasteiger partial charge in [0.05, 0.1) is 6.04 Å². The van der Waals surface area contributed by atoms with Crippen molar-refractivity contribution >= 4 is 12.4 Å². The average Bonchev–Trinajstić information content (AvgIpc) is 2.47. The third-order valence-corrected chi connectivity index (χ3v) is 2.18. The lowest BCUT2D eigenvalue weighted by Gasteiger charge is -2.10. The molecule has 0 spiro atoms. The van der Waals surface area contributed by atoms with Gasteiger partial charge in [-0.15, -0.1) is 12.4 Å². The molecule has 0 saturated carbocycles. The Morgan fingerprint density at radius 3 is 2.36 bits per heavy atom. The van der Waals surface area contributed by atoms with E-state index in [1.165, 1.54) is 0 Å². The van der Waals surface area contributed by atoms with Gasteiger partial charge < -0.3 is 10.2 Å². The largest absolute Gasteiger partial charge is 0.465 e. The van der Waals surface area contributed by atoms with Crippen molar-refractivity contribution in [2.75, 3.05) is 0 Å². The molecule has 3 heteroatoms. The van der Waals surface area contributed by atoms with Crippen LogP contribution in [0.25, 0.3) is 0 Å². The molecule has 0 saturated heterocycles. The van der Waals surface area contributed by atoms with Gasteiger partial charge in [-0.2, -0.15) is 0 Å². The normalized spacial score (nSPS) is 12.6. The molecule has 2 nitrogen and oxygen atoms in total. The average molecular weight is 218 g/mol. The second kappa shape index (κ2) is 6.10. The number of furan rings is 1. The molecule has 0 aromatic carbocycles. The molecule has 1 rings (SSSR count). The summed E-state index contributed by atoms with van der Waals surface area (Å²) in [5, 5.41) is 0. The molecule has 2 N–H and O–H groups in total. The molecular formula is C11H20ClNO. The number of hydrogen-bond donors (Lipinski definition) is 1. The summed E-state index contributed by atoms with van der Waals surface area (Å²) in [7, 11) is 0. The maximum atomic E-state index is 5.96. The highest BCUT2D eigenvalue weighted by molar-refractivity contribution is 5.85. The van der Waals surface area contributed by atoms with Crippen LogP contribution in [0.1, 0.15) is 44.3 Å². The zero-order valence-corrected chi connectivity index (χ0v) is 9.93. The Balaban J connectivity index is 0.00000169. The predicted octanol–water partition coefficient (Wildman–Crippen LogP) is 3.45. The van der Waals surface area contributed by atoms with E-state index in [2.05, 4.69) is 13.8 Å². The maximum absolute atomic E-state index is 5.96. The summed E-state index contributed by atoms with van der Waals surface area (Å²) in [6, 6.07) is 4.00. The van der Waals surface area contributed by atoms with Crippen LogP contribution in [-0.4, -0.2) is 0 Å². The van der Waals surface area contributed by atoms with E-state index < -0.39 is 0 Å². The van der Waals surface area contributed by atoms with Crippen molar-refractivity contribution in [2.24, 2.45) is 11.7 Å². The number of halogens is 1. The Morgan fingerprint density at radius 2 is 1.93 bits per heavy atom. The lowest BCUT2D eigenvalue weighted by molar-refractivity contribution is 0.412. The molecular weight excluding hydrogens is 198 g/mol.